The third-order valence-electron chi connectivity index (χ3n) is 5.53. The highest BCUT2D eigenvalue weighted by Crippen LogP contribution is 2.38. The number of hydrogen-bond donors (Lipinski definition) is 0. The van der Waals surface area contributed by atoms with Gasteiger partial charge in [0.15, 0.2) is 0 Å². The van der Waals surface area contributed by atoms with E-state index in [4.69, 9.17) is 4.74 Å². The van der Waals surface area contributed by atoms with Crippen molar-refractivity contribution in [2.24, 2.45) is 0 Å². The predicted molar refractivity (Wildman–Crippen MR) is 113 cm³/mol. The van der Waals surface area contributed by atoms with Crippen molar-refractivity contribution in [3.63, 3.8) is 0 Å². The van der Waals surface area contributed by atoms with Gasteiger partial charge in [0, 0.05) is 22.3 Å². The van der Waals surface area contributed by atoms with Crippen molar-refractivity contribution >= 4 is 16.9 Å². The van der Waals surface area contributed by atoms with Crippen molar-refractivity contribution in [1.82, 2.24) is 4.90 Å². The molecule has 2 aliphatic rings. The SMILES string of the molecule is C1=C(c2ccc(-c3ccccc3)s2)CC2COCC1N2Cc1ccccc1. The Hall–Kier alpha value is -2.20. The molecule has 3 heteroatoms. The minimum Gasteiger partial charge on any atom is -0.378 e. The maximum absolute atomic E-state index is 5.88. The second-order valence-electron chi connectivity index (χ2n) is 7.34. The van der Waals surface area contributed by atoms with E-state index < -0.39 is 0 Å². The van der Waals surface area contributed by atoms with Crippen molar-refractivity contribution in [2.75, 3.05) is 13.2 Å². The minimum absolute atomic E-state index is 0.370. The van der Waals surface area contributed by atoms with Crippen LogP contribution in [0, 0.1) is 0 Å². The zero-order valence-corrected chi connectivity index (χ0v) is 16.1. The van der Waals surface area contributed by atoms with E-state index >= 15 is 0 Å². The number of ether oxygens (including phenoxy) is 1. The lowest BCUT2D eigenvalue weighted by Crippen LogP contribution is -2.53. The average molecular weight is 374 g/mol. The molecule has 0 radical (unpaired) electrons. The predicted octanol–water partition coefficient (Wildman–Crippen LogP) is 5.47. The highest BCUT2D eigenvalue weighted by Gasteiger charge is 2.35. The van der Waals surface area contributed by atoms with Gasteiger partial charge in [0.1, 0.15) is 0 Å². The van der Waals surface area contributed by atoms with Crippen molar-refractivity contribution < 1.29 is 4.74 Å². The average Bonchev–Trinajstić information content (AvgIpc) is 3.20. The monoisotopic (exact) mass is 373 g/mol. The third-order valence-corrected chi connectivity index (χ3v) is 6.74. The number of morpholine rings is 1. The summed E-state index contributed by atoms with van der Waals surface area (Å²) < 4.78 is 5.88. The van der Waals surface area contributed by atoms with Gasteiger partial charge < -0.3 is 4.74 Å². The maximum Gasteiger partial charge on any atom is 0.0658 e. The summed E-state index contributed by atoms with van der Waals surface area (Å²) >= 11 is 1.91. The summed E-state index contributed by atoms with van der Waals surface area (Å²) in [6.07, 6.45) is 3.51. The summed E-state index contributed by atoms with van der Waals surface area (Å²) in [4.78, 5) is 5.37. The van der Waals surface area contributed by atoms with Crippen molar-refractivity contribution in [3.8, 4) is 10.4 Å². The van der Waals surface area contributed by atoms with Crippen LogP contribution >= 0.6 is 11.3 Å². The van der Waals surface area contributed by atoms with Crippen LogP contribution in [-0.2, 0) is 11.3 Å². The van der Waals surface area contributed by atoms with Gasteiger partial charge in [-0.2, -0.15) is 0 Å². The largest absolute Gasteiger partial charge is 0.378 e. The van der Waals surface area contributed by atoms with E-state index in [9.17, 15) is 0 Å². The summed E-state index contributed by atoms with van der Waals surface area (Å²) in [5.74, 6) is 0. The molecular formula is C24H23NOS. The van der Waals surface area contributed by atoms with Crippen LogP contribution in [0.5, 0.6) is 0 Å². The standard InChI is InChI=1S/C24H23NOS/c1-3-7-18(8-4-1)15-25-21-13-20(14-22(25)17-26-16-21)24-12-11-23(27-24)19-9-5-2-6-10-19/h1-13,21-22H,14-17H2. The molecule has 5 rings (SSSR count). The summed E-state index contributed by atoms with van der Waals surface area (Å²) in [6.45, 7) is 2.63. The molecule has 0 spiro atoms. The second kappa shape index (κ2) is 7.43. The molecule has 27 heavy (non-hydrogen) atoms. The number of fused-ring (bicyclic) bond motifs is 2. The molecule has 0 N–H and O–H groups in total. The molecule has 2 aromatic carbocycles. The highest BCUT2D eigenvalue weighted by molar-refractivity contribution is 7.16. The summed E-state index contributed by atoms with van der Waals surface area (Å²) in [5.41, 5.74) is 4.18. The highest BCUT2D eigenvalue weighted by atomic mass is 32.1. The zero-order valence-electron chi connectivity index (χ0n) is 15.3. The second-order valence-corrected chi connectivity index (χ2v) is 8.43. The van der Waals surface area contributed by atoms with Crippen molar-refractivity contribution in [2.45, 2.75) is 25.0 Å². The number of nitrogens with zero attached hydrogens (tertiary/aromatic N) is 1. The molecule has 0 aliphatic carbocycles. The maximum atomic E-state index is 5.88. The normalized spacial score (nSPS) is 22.4. The molecule has 0 amide bonds. The van der Waals surface area contributed by atoms with E-state index in [1.54, 1.807) is 0 Å². The first-order valence-corrected chi connectivity index (χ1v) is 10.4. The molecule has 136 valence electrons. The lowest BCUT2D eigenvalue weighted by Gasteiger charge is -2.44. The Morgan fingerprint density at radius 1 is 0.852 bits per heavy atom. The first-order valence-electron chi connectivity index (χ1n) is 9.60. The van der Waals surface area contributed by atoms with Gasteiger partial charge in [-0.1, -0.05) is 66.7 Å². The van der Waals surface area contributed by atoms with Gasteiger partial charge in [-0.25, -0.2) is 0 Å². The molecule has 2 aliphatic heterocycles. The van der Waals surface area contributed by atoms with Crippen LogP contribution in [0.3, 0.4) is 0 Å². The van der Waals surface area contributed by atoms with Crippen molar-refractivity contribution in [3.05, 3.63) is 89.3 Å². The van der Waals surface area contributed by atoms with Crippen LogP contribution in [0.15, 0.2) is 78.9 Å². The Morgan fingerprint density at radius 3 is 2.37 bits per heavy atom. The van der Waals surface area contributed by atoms with E-state index in [0.717, 1.165) is 26.2 Å². The van der Waals surface area contributed by atoms with E-state index in [-0.39, 0.29) is 0 Å². The molecule has 1 aromatic heterocycles. The van der Waals surface area contributed by atoms with Gasteiger partial charge in [-0.3, -0.25) is 4.90 Å². The minimum atomic E-state index is 0.370. The Labute approximate surface area is 164 Å². The van der Waals surface area contributed by atoms with Gasteiger partial charge in [-0.15, -0.1) is 11.3 Å². The topological polar surface area (TPSA) is 12.5 Å². The van der Waals surface area contributed by atoms with E-state index in [0.29, 0.717) is 12.1 Å². The molecule has 2 bridgehead atoms. The molecule has 2 unspecified atom stereocenters. The van der Waals surface area contributed by atoms with Gasteiger partial charge >= 0.3 is 0 Å². The van der Waals surface area contributed by atoms with Gasteiger partial charge in [-0.05, 0) is 35.3 Å². The smallest absolute Gasteiger partial charge is 0.0658 e. The molecule has 3 aromatic rings. The van der Waals surface area contributed by atoms with Crippen LogP contribution in [0.2, 0.25) is 0 Å². The lowest BCUT2D eigenvalue weighted by atomic mass is 9.92. The number of thiophene rings is 1. The molecule has 1 fully saturated rings. The fourth-order valence-corrected chi connectivity index (χ4v) is 5.20. The molecule has 1 saturated heterocycles. The van der Waals surface area contributed by atoms with Crippen LogP contribution < -0.4 is 0 Å². The Morgan fingerprint density at radius 2 is 1.59 bits per heavy atom. The van der Waals surface area contributed by atoms with Crippen LogP contribution in [0.1, 0.15) is 16.9 Å². The summed E-state index contributed by atoms with van der Waals surface area (Å²) in [5, 5.41) is 0. The Bertz CT molecular complexity index is 931. The van der Waals surface area contributed by atoms with Gasteiger partial charge in [0.05, 0.1) is 19.3 Å². The van der Waals surface area contributed by atoms with E-state index in [2.05, 4.69) is 83.8 Å². The first-order chi connectivity index (χ1) is 13.4. The van der Waals surface area contributed by atoms with Crippen LogP contribution in [-0.4, -0.2) is 30.2 Å². The molecule has 2 atom stereocenters. The Balaban J connectivity index is 1.40. The fraction of sp³-hybridized carbons (Fsp3) is 0.250. The lowest BCUT2D eigenvalue weighted by molar-refractivity contribution is -0.0402. The van der Waals surface area contributed by atoms with Crippen molar-refractivity contribution in [1.29, 1.82) is 0 Å². The quantitative estimate of drug-likeness (QED) is 0.601. The fourth-order valence-electron chi connectivity index (χ4n) is 4.15. The molecule has 3 heterocycles. The zero-order chi connectivity index (χ0) is 18.1. The first kappa shape index (κ1) is 16.9. The molecular weight excluding hydrogens is 350 g/mol. The van der Waals surface area contributed by atoms with Crippen LogP contribution in [0.25, 0.3) is 16.0 Å². The van der Waals surface area contributed by atoms with E-state index in [1.165, 1.54) is 26.5 Å². The number of hydrogen-bond acceptors (Lipinski definition) is 3. The van der Waals surface area contributed by atoms with Gasteiger partial charge in [0.25, 0.3) is 0 Å². The summed E-state index contributed by atoms with van der Waals surface area (Å²) in [6, 6.07) is 26.9. The summed E-state index contributed by atoms with van der Waals surface area (Å²) in [7, 11) is 0. The molecule has 0 saturated carbocycles. The van der Waals surface area contributed by atoms with E-state index in [1.807, 2.05) is 11.3 Å². The van der Waals surface area contributed by atoms with Crippen LogP contribution in [0.4, 0.5) is 0 Å². The molecule has 2 nitrogen and oxygen atoms in total. The number of rotatable bonds is 4. The number of benzene rings is 2. The van der Waals surface area contributed by atoms with Gasteiger partial charge in [0.2, 0.25) is 0 Å². The Kier molecular flexibility index (Phi) is 4.66. The third kappa shape index (κ3) is 3.51.